The molecule has 0 aromatic carbocycles. The Morgan fingerprint density at radius 3 is 2.92 bits per heavy atom. The van der Waals surface area contributed by atoms with E-state index in [4.69, 9.17) is 12.2 Å². The van der Waals surface area contributed by atoms with Crippen LogP contribution < -0.4 is 5.73 Å². The molecule has 0 saturated carbocycles. The number of rotatable bonds is 1. The van der Waals surface area contributed by atoms with Gasteiger partial charge in [-0.1, -0.05) is 0 Å². The van der Waals surface area contributed by atoms with Crippen LogP contribution >= 0.6 is 0 Å². The van der Waals surface area contributed by atoms with Crippen LogP contribution in [0.2, 0.25) is 0 Å². The van der Waals surface area contributed by atoms with E-state index in [2.05, 4.69) is 5.92 Å². The van der Waals surface area contributed by atoms with Crippen LogP contribution in [0.25, 0.3) is 0 Å². The van der Waals surface area contributed by atoms with Gasteiger partial charge in [-0.05, 0) is 31.7 Å². The van der Waals surface area contributed by atoms with Crippen molar-refractivity contribution >= 4 is 5.91 Å². The Morgan fingerprint density at radius 2 is 2.50 bits per heavy atom. The summed E-state index contributed by atoms with van der Waals surface area (Å²) in [6.45, 7) is 3.37. The first-order valence-electron chi connectivity index (χ1n) is 4.16. The standard InChI is InChI=1S/C9H14N2O/c1-3-9(12)11-6-8(5-10)4-7(11)2/h1,7-8H,4-6,10H2,2H3. The fraction of sp³-hybridized carbons (Fsp3) is 0.667. The van der Waals surface area contributed by atoms with Gasteiger partial charge in [0, 0.05) is 12.6 Å². The molecule has 1 aliphatic heterocycles. The number of amides is 1. The number of carbonyl (C=O) groups is 1. The Morgan fingerprint density at radius 1 is 1.83 bits per heavy atom. The molecule has 0 spiro atoms. The molecule has 2 unspecified atom stereocenters. The predicted octanol–water partition coefficient (Wildman–Crippen LogP) is -0.185. The Balaban J connectivity index is 2.59. The van der Waals surface area contributed by atoms with Crippen LogP contribution in [0, 0.1) is 18.3 Å². The van der Waals surface area contributed by atoms with Crippen molar-refractivity contribution in [2.75, 3.05) is 13.1 Å². The molecule has 66 valence electrons. The maximum absolute atomic E-state index is 11.1. The van der Waals surface area contributed by atoms with Crippen LogP contribution in [-0.4, -0.2) is 29.9 Å². The van der Waals surface area contributed by atoms with Crippen molar-refractivity contribution in [3.8, 4) is 12.3 Å². The fourth-order valence-electron chi connectivity index (χ4n) is 1.68. The molecule has 2 N–H and O–H groups in total. The SMILES string of the molecule is C#CC(=O)N1CC(CN)CC1C. The molecule has 0 aromatic heterocycles. The van der Waals surface area contributed by atoms with E-state index in [9.17, 15) is 4.79 Å². The number of nitrogens with two attached hydrogens (primary N) is 1. The van der Waals surface area contributed by atoms with Gasteiger partial charge in [0.05, 0.1) is 0 Å². The average molecular weight is 166 g/mol. The predicted molar refractivity (Wildman–Crippen MR) is 47.2 cm³/mol. The molecule has 0 aromatic rings. The lowest BCUT2D eigenvalue weighted by Crippen LogP contribution is -2.33. The van der Waals surface area contributed by atoms with E-state index in [0.717, 1.165) is 13.0 Å². The molecular formula is C9H14N2O. The number of likely N-dealkylation sites (tertiary alicyclic amines) is 1. The van der Waals surface area contributed by atoms with E-state index in [-0.39, 0.29) is 11.9 Å². The normalized spacial score (nSPS) is 28.6. The minimum atomic E-state index is -0.210. The summed E-state index contributed by atoms with van der Waals surface area (Å²) in [5.74, 6) is 2.35. The van der Waals surface area contributed by atoms with Crippen molar-refractivity contribution in [2.45, 2.75) is 19.4 Å². The lowest BCUT2D eigenvalue weighted by Gasteiger charge is -2.17. The van der Waals surface area contributed by atoms with Gasteiger partial charge in [0.1, 0.15) is 0 Å². The third-order valence-electron chi connectivity index (χ3n) is 2.38. The van der Waals surface area contributed by atoms with Crippen LogP contribution in [-0.2, 0) is 4.79 Å². The summed E-state index contributed by atoms with van der Waals surface area (Å²) in [6.07, 6.45) is 6.00. The van der Waals surface area contributed by atoms with Gasteiger partial charge < -0.3 is 10.6 Å². The summed E-state index contributed by atoms with van der Waals surface area (Å²) in [7, 11) is 0. The van der Waals surface area contributed by atoms with Gasteiger partial charge in [0.15, 0.2) is 0 Å². The van der Waals surface area contributed by atoms with Crippen molar-refractivity contribution in [2.24, 2.45) is 11.7 Å². The third-order valence-corrected chi connectivity index (χ3v) is 2.38. The van der Waals surface area contributed by atoms with Gasteiger partial charge in [-0.25, -0.2) is 0 Å². The van der Waals surface area contributed by atoms with Gasteiger partial charge in [0.25, 0.3) is 5.91 Å². The highest BCUT2D eigenvalue weighted by Gasteiger charge is 2.30. The molecule has 1 amide bonds. The summed E-state index contributed by atoms with van der Waals surface area (Å²) < 4.78 is 0. The first-order chi connectivity index (χ1) is 5.69. The Kier molecular flexibility index (Phi) is 2.72. The second kappa shape index (κ2) is 3.59. The van der Waals surface area contributed by atoms with Crippen molar-refractivity contribution < 1.29 is 4.79 Å². The van der Waals surface area contributed by atoms with Crippen LogP contribution in [0.4, 0.5) is 0 Å². The number of hydrogen-bond acceptors (Lipinski definition) is 2. The Hall–Kier alpha value is -1.01. The van der Waals surface area contributed by atoms with Gasteiger partial charge in [-0.15, -0.1) is 6.42 Å². The van der Waals surface area contributed by atoms with E-state index in [1.54, 1.807) is 4.90 Å². The zero-order valence-electron chi connectivity index (χ0n) is 7.29. The number of hydrogen-bond donors (Lipinski definition) is 1. The second-order valence-electron chi connectivity index (χ2n) is 3.29. The van der Waals surface area contributed by atoms with E-state index in [1.165, 1.54) is 0 Å². The molecular weight excluding hydrogens is 152 g/mol. The highest BCUT2D eigenvalue weighted by atomic mass is 16.2. The zero-order valence-corrected chi connectivity index (χ0v) is 7.29. The third kappa shape index (κ3) is 1.59. The molecule has 0 bridgehead atoms. The molecule has 1 heterocycles. The largest absolute Gasteiger partial charge is 0.330 e. The molecule has 0 aliphatic carbocycles. The van der Waals surface area contributed by atoms with E-state index in [1.807, 2.05) is 6.92 Å². The van der Waals surface area contributed by atoms with Crippen LogP contribution in [0.1, 0.15) is 13.3 Å². The molecule has 1 saturated heterocycles. The molecule has 2 atom stereocenters. The number of nitrogens with zero attached hydrogens (tertiary/aromatic N) is 1. The number of carbonyl (C=O) groups excluding carboxylic acids is 1. The summed E-state index contributed by atoms with van der Waals surface area (Å²) in [5, 5.41) is 0. The Bertz CT molecular complexity index is 219. The van der Waals surface area contributed by atoms with Crippen molar-refractivity contribution in [3.05, 3.63) is 0 Å². The summed E-state index contributed by atoms with van der Waals surface area (Å²) >= 11 is 0. The molecule has 1 fully saturated rings. The maximum Gasteiger partial charge on any atom is 0.298 e. The van der Waals surface area contributed by atoms with Gasteiger partial charge >= 0.3 is 0 Å². The Labute approximate surface area is 72.9 Å². The lowest BCUT2D eigenvalue weighted by molar-refractivity contribution is -0.125. The summed E-state index contributed by atoms with van der Waals surface area (Å²) in [4.78, 5) is 12.9. The highest BCUT2D eigenvalue weighted by molar-refractivity contribution is 5.93. The molecule has 1 rings (SSSR count). The quantitative estimate of drug-likeness (QED) is 0.549. The first kappa shape index (κ1) is 9.08. The zero-order chi connectivity index (χ0) is 9.14. The molecule has 12 heavy (non-hydrogen) atoms. The fourth-order valence-corrected chi connectivity index (χ4v) is 1.68. The van der Waals surface area contributed by atoms with Gasteiger partial charge in [-0.2, -0.15) is 0 Å². The van der Waals surface area contributed by atoms with Crippen molar-refractivity contribution in [1.82, 2.24) is 4.90 Å². The second-order valence-corrected chi connectivity index (χ2v) is 3.29. The topological polar surface area (TPSA) is 46.3 Å². The molecule has 1 aliphatic rings. The van der Waals surface area contributed by atoms with Crippen LogP contribution in [0.5, 0.6) is 0 Å². The summed E-state index contributed by atoms with van der Waals surface area (Å²) in [5.41, 5.74) is 5.51. The average Bonchev–Trinajstić information content (AvgIpc) is 2.45. The van der Waals surface area contributed by atoms with Gasteiger partial charge in [0.2, 0.25) is 0 Å². The lowest BCUT2D eigenvalue weighted by atomic mass is 10.1. The van der Waals surface area contributed by atoms with E-state index >= 15 is 0 Å². The minimum Gasteiger partial charge on any atom is -0.330 e. The molecule has 0 radical (unpaired) electrons. The van der Waals surface area contributed by atoms with Crippen molar-refractivity contribution in [3.63, 3.8) is 0 Å². The van der Waals surface area contributed by atoms with Gasteiger partial charge in [-0.3, -0.25) is 4.79 Å². The maximum atomic E-state index is 11.1. The highest BCUT2D eigenvalue weighted by Crippen LogP contribution is 2.21. The number of terminal acetylenes is 1. The molecule has 3 heteroatoms. The smallest absolute Gasteiger partial charge is 0.298 e. The first-order valence-corrected chi connectivity index (χ1v) is 4.16. The minimum absolute atomic E-state index is 0.210. The van der Waals surface area contributed by atoms with Crippen molar-refractivity contribution in [1.29, 1.82) is 0 Å². The van der Waals surface area contributed by atoms with Crippen LogP contribution in [0.3, 0.4) is 0 Å². The van der Waals surface area contributed by atoms with E-state index in [0.29, 0.717) is 12.5 Å². The molecule has 3 nitrogen and oxygen atoms in total. The van der Waals surface area contributed by atoms with Crippen LogP contribution in [0.15, 0.2) is 0 Å². The van der Waals surface area contributed by atoms with E-state index < -0.39 is 0 Å². The monoisotopic (exact) mass is 166 g/mol. The summed E-state index contributed by atoms with van der Waals surface area (Å²) in [6, 6.07) is 0.252.